The minimum Gasteiger partial charge on any atom is -0.0951 e. The quantitative estimate of drug-likeness (QED) is 0.435. The molecule has 0 bridgehead atoms. The first-order valence-electron chi connectivity index (χ1n) is 9.94. The van der Waals surface area contributed by atoms with Crippen LogP contribution in [0.2, 0.25) is 0 Å². The van der Waals surface area contributed by atoms with E-state index in [0.29, 0.717) is 26.0 Å². The van der Waals surface area contributed by atoms with Gasteiger partial charge in [0.05, 0.1) is 0 Å². The summed E-state index contributed by atoms with van der Waals surface area (Å²) in [7, 11) is 0.0455. The van der Waals surface area contributed by atoms with Crippen molar-refractivity contribution < 1.29 is 0 Å². The zero-order chi connectivity index (χ0) is 19.2. The molecule has 0 N–H and O–H groups in total. The van der Waals surface area contributed by atoms with Crippen LogP contribution in [0.1, 0.15) is 102 Å². The van der Waals surface area contributed by atoms with Gasteiger partial charge in [-0.3, -0.25) is 0 Å². The van der Waals surface area contributed by atoms with Gasteiger partial charge in [-0.25, -0.2) is 0 Å². The third-order valence-electron chi connectivity index (χ3n) is 5.64. The molecule has 0 amide bonds. The van der Waals surface area contributed by atoms with Crippen LogP contribution in [-0.2, 0) is 0 Å². The van der Waals surface area contributed by atoms with Gasteiger partial charge in [-0.05, 0) is 51.2 Å². The van der Waals surface area contributed by atoms with E-state index in [9.17, 15) is 0 Å². The van der Waals surface area contributed by atoms with Crippen LogP contribution < -0.4 is 0 Å². The summed E-state index contributed by atoms with van der Waals surface area (Å²) in [6, 6.07) is 0. The van der Waals surface area contributed by atoms with E-state index in [0.717, 1.165) is 0 Å². The molecular formula is C22H46P2. The highest BCUT2D eigenvalue weighted by Gasteiger charge is 2.48. The highest BCUT2D eigenvalue weighted by Crippen LogP contribution is 2.69. The van der Waals surface area contributed by atoms with Crippen LogP contribution in [0.15, 0.2) is 0 Å². The smallest absolute Gasteiger partial charge is 0.0174 e. The molecular weight excluding hydrogens is 326 g/mol. The van der Waals surface area contributed by atoms with Gasteiger partial charge >= 0.3 is 0 Å². The average molecular weight is 373 g/mol. The molecule has 1 fully saturated rings. The standard InChI is InChI=1S/C22H46P2/c1-18(2,3)23(19(4,5)6)16-22(14-13-15-22)17-24(20(7,8)9)21(10,11)12/h13-17H2,1-12H3. The highest BCUT2D eigenvalue weighted by atomic mass is 31.1. The Balaban J connectivity index is 3.09. The van der Waals surface area contributed by atoms with Gasteiger partial charge in [0, 0.05) is 0 Å². The lowest BCUT2D eigenvalue weighted by molar-refractivity contribution is 0.198. The monoisotopic (exact) mass is 372 g/mol. The van der Waals surface area contributed by atoms with Gasteiger partial charge in [-0.1, -0.05) is 105 Å². The predicted molar refractivity (Wildman–Crippen MR) is 119 cm³/mol. The molecule has 0 atom stereocenters. The molecule has 0 unspecified atom stereocenters. The fourth-order valence-corrected chi connectivity index (χ4v) is 13.0. The lowest BCUT2D eigenvalue weighted by Crippen LogP contribution is -2.43. The summed E-state index contributed by atoms with van der Waals surface area (Å²) in [5.74, 6) is 0. The summed E-state index contributed by atoms with van der Waals surface area (Å²) < 4.78 is 0. The van der Waals surface area contributed by atoms with Crippen molar-refractivity contribution in [1.29, 1.82) is 0 Å². The van der Waals surface area contributed by atoms with Crippen molar-refractivity contribution in [1.82, 2.24) is 0 Å². The van der Waals surface area contributed by atoms with Crippen LogP contribution in [0, 0.1) is 5.41 Å². The van der Waals surface area contributed by atoms with E-state index >= 15 is 0 Å². The summed E-state index contributed by atoms with van der Waals surface area (Å²) in [6.07, 6.45) is 7.45. The van der Waals surface area contributed by atoms with Crippen molar-refractivity contribution in [3.8, 4) is 0 Å². The Hall–Kier alpha value is 0.860. The largest absolute Gasteiger partial charge is 0.0951 e. The van der Waals surface area contributed by atoms with Crippen LogP contribution in [0.25, 0.3) is 0 Å². The topological polar surface area (TPSA) is 0 Å². The maximum absolute atomic E-state index is 2.49. The summed E-state index contributed by atoms with van der Waals surface area (Å²) in [4.78, 5) is 0. The molecule has 0 aliphatic heterocycles. The van der Waals surface area contributed by atoms with E-state index in [4.69, 9.17) is 0 Å². The molecule has 0 aromatic rings. The first-order valence-corrected chi connectivity index (χ1v) is 13.0. The summed E-state index contributed by atoms with van der Waals surface area (Å²) in [6.45, 7) is 29.9. The summed E-state index contributed by atoms with van der Waals surface area (Å²) in [5.41, 5.74) is 0.651. The second-order valence-corrected chi connectivity index (χ2v) is 19.9. The van der Waals surface area contributed by atoms with Crippen molar-refractivity contribution >= 4 is 15.8 Å². The van der Waals surface area contributed by atoms with Crippen molar-refractivity contribution in [3.63, 3.8) is 0 Å². The number of hydrogen-bond acceptors (Lipinski definition) is 0. The maximum atomic E-state index is 2.49. The first-order chi connectivity index (χ1) is 10.4. The SMILES string of the molecule is CC(C)(C)P(CC1(CP(C(C)(C)C)C(C)(C)C)CCC1)C(C)(C)C. The second-order valence-electron chi connectivity index (χ2n) is 12.2. The van der Waals surface area contributed by atoms with Crippen molar-refractivity contribution in [2.45, 2.75) is 123 Å². The molecule has 1 aliphatic carbocycles. The Kier molecular flexibility index (Phi) is 6.79. The molecule has 0 heterocycles. The molecule has 1 aliphatic rings. The highest BCUT2D eigenvalue weighted by molar-refractivity contribution is 7.62. The zero-order valence-electron chi connectivity index (χ0n) is 18.9. The molecule has 0 saturated heterocycles. The van der Waals surface area contributed by atoms with E-state index in [2.05, 4.69) is 83.1 Å². The molecule has 0 aromatic carbocycles. The second kappa shape index (κ2) is 7.12. The lowest BCUT2D eigenvalue weighted by atomic mass is 9.72. The van der Waals surface area contributed by atoms with Gasteiger partial charge in [-0.15, -0.1) is 0 Å². The van der Waals surface area contributed by atoms with Gasteiger partial charge < -0.3 is 0 Å². The minimum atomic E-state index is 0.0227. The number of rotatable bonds is 4. The fraction of sp³-hybridized carbons (Fsp3) is 1.00. The van der Waals surface area contributed by atoms with E-state index in [1.807, 2.05) is 0 Å². The Morgan fingerprint density at radius 3 is 0.917 bits per heavy atom. The van der Waals surface area contributed by atoms with Crippen LogP contribution in [0.3, 0.4) is 0 Å². The molecule has 0 radical (unpaired) electrons. The molecule has 0 aromatic heterocycles. The Bertz CT molecular complexity index is 341. The predicted octanol–water partition coefficient (Wildman–Crippen LogP) is 8.31. The molecule has 2 heteroatoms. The molecule has 1 rings (SSSR count). The van der Waals surface area contributed by atoms with Crippen molar-refractivity contribution in [2.24, 2.45) is 5.41 Å². The minimum absolute atomic E-state index is 0.0227. The summed E-state index contributed by atoms with van der Waals surface area (Å²) >= 11 is 0. The molecule has 0 nitrogen and oxygen atoms in total. The van der Waals surface area contributed by atoms with Gasteiger partial charge in [-0.2, -0.15) is 0 Å². The van der Waals surface area contributed by atoms with Gasteiger partial charge in [0.1, 0.15) is 0 Å². The molecule has 144 valence electrons. The van der Waals surface area contributed by atoms with Crippen LogP contribution >= 0.6 is 15.8 Å². The third kappa shape index (κ3) is 5.95. The molecule has 24 heavy (non-hydrogen) atoms. The molecule has 0 spiro atoms. The Labute approximate surface area is 156 Å². The van der Waals surface area contributed by atoms with E-state index < -0.39 is 0 Å². The average Bonchev–Trinajstić information content (AvgIpc) is 2.19. The van der Waals surface area contributed by atoms with Gasteiger partial charge in [0.2, 0.25) is 0 Å². The summed E-state index contributed by atoms with van der Waals surface area (Å²) in [5, 5.41) is 1.84. The fourth-order valence-electron chi connectivity index (χ4n) is 4.67. The maximum Gasteiger partial charge on any atom is -0.0174 e. The van der Waals surface area contributed by atoms with Gasteiger partial charge in [0.25, 0.3) is 0 Å². The van der Waals surface area contributed by atoms with Crippen molar-refractivity contribution in [2.75, 3.05) is 12.3 Å². The Morgan fingerprint density at radius 1 is 0.542 bits per heavy atom. The van der Waals surface area contributed by atoms with Crippen LogP contribution in [0.4, 0.5) is 0 Å². The third-order valence-corrected chi connectivity index (χ3v) is 14.1. The van der Waals surface area contributed by atoms with Crippen molar-refractivity contribution in [3.05, 3.63) is 0 Å². The Morgan fingerprint density at radius 2 is 0.792 bits per heavy atom. The van der Waals surface area contributed by atoms with Crippen LogP contribution in [0.5, 0.6) is 0 Å². The number of hydrogen-bond donors (Lipinski definition) is 0. The normalized spacial score (nSPS) is 19.8. The first kappa shape index (κ1) is 22.9. The molecule has 1 saturated carbocycles. The van der Waals surface area contributed by atoms with Crippen LogP contribution in [-0.4, -0.2) is 32.9 Å². The van der Waals surface area contributed by atoms with E-state index in [1.54, 1.807) is 0 Å². The lowest BCUT2D eigenvalue weighted by Gasteiger charge is -2.55. The van der Waals surface area contributed by atoms with E-state index in [1.165, 1.54) is 31.6 Å². The zero-order valence-corrected chi connectivity index (χ0v) is 20.7. The van der Waals surface area contributed by atoms with Gasteiger partial charge in [0.15, 0.2) is 0 Å². The van der Waals surface area contributed by atoms with E-state index in [-0.39, 0.29) is 15.8 Å².